The molecule has 1 aliphatic rings. The molecule has 102 valence electrons. The summed E-state index contributed by atoms with van der Waals surface area (Å²) in [6.07, 6.45) is 6.57. The normalized spacial score (nSPS) is 21.1. The van der Waals surface area contributed by atoms with Gasteiger partial charge in [-0.3, -0.25) is 0 Å². The van der Waals surface area contributed by atoms with E-state index in [0.717, 1.165) is 5.92 Å². The van der Waals surface area contributed by atoms with Crippen molar-refractivity contribution in [3.05, 3.63) is 19.4 Å². The summed E-state index contributed by atoms with van der Waals surface area (Å²) in [5, 5.41) is 3.85. The van der Waals surface area contributed by atoms with E-state index in [0.29, 0.717) is 12.1 Å². The predicted octanol–water partition coefficient (Wildman–Crippen LogP) is 5.14. The van der Waals surface area contributed by atoms with Gasteiger partial charge in [-0.2, -0.15) is 0 Å². The molecule has 0 aliphatic heterocycles. The van der Waals surface area contributed by atoms with Crippen LogP contribution in [0.4, 0.5) is 0 Å². The molecule has 2 atom stereocenters. The molecule has 0 spiro atoms. The molecular formula is C15H24INS. The SMILES string of the molecule is CC(C)CCC(C)NC1CCCc2sc(I)cc21. The minimum absolute atomic E-state index is 0.607. The van der Waals surface area contributed by atoms with E-state index in [4.69, 9.17) is 0 Å². The average Bonchev–Trinajstić information content (AvgIpc) is 2.68. The first-order chi connectivity index (χ1) is 8.56. The van der Waals surface area contributed by atoms with Gasteiger partial charge in [-0.15, -0.1) is 11.3 Å². The Morgan fingerprint density at radius 3 is 2.89 bits per heavy atom. The molecule has 1 aliphatic carbocycles. The molecule has 0 saturated heterocycles. The largest absolute Gasteiger partial charge is 0.307 e. The topological polar surface area (TPSA) is 12.0 Å². The Kier molecular flexibility index (Phi) is 5.51. The lowest BCUT2D eigenvalue weighted by atomic mass is 9.93. The first-order valence-electron chi connectivity index (χ1n) is 7.10. The lowest BCUT2D eigenvalue weighted by Crippen LogP contribution is -2.32. The van der Waals surface area contributed by atoms with Crippen molar-refractivity contribution >= 4 is 33.9 Å². The van der Waals surface area contributed by atoms with Crippen LogP contribution < -0.4 is 5.32 Å². The number of aryl methyl sites for hydroxylation is 1. The Bertz CT molecular complexity index is 386. The Morgan fingerprint density at radius 1 is 1.39 bits per heavy atom. The molecule has 18 heavy (non-hydrogen) atoms. The predicted molar refractivity (Wildman–Crippen MR) is 89.4 cm³/mol. The van der Waals surface area contributed by atoms with Crippen molar-refractivity contribution < 1.29 is 0 Å². The van der Waals surface area contributed by atoms with Gasteiger partial charge in [0.1, 0.15) is 0 Å². The lowest BCUT2D eigenvalue weighted by Gasteiger charge is -2.27. The molecule has 1 aromatic heterocycles. The summed E-state index contributed by atoms with van der Waals surface area (Å²) in [4.78, 5) is 1.62. The molecule has 0 bridgehead atoms. The van der Waals surface area contributed by atoms with E-state index in [9.17, 15) is 0 Å². The zero-order valence-corrected chi connectivity index (χ0v) is 14.6. The number of thiophene rings is 1. The van der Waals surface area contributed by atoms with E-state index in [1.54, 1.807) is 10.4 Å². The van der Waals surface area contributed by atoms with E-state index >= 15 is 0 Å². The van der Waals surface area contributed by atoms with Crippen LogP contribution in [-0.4, -0.2) is 6.04 Å². The summed E-state index contributed by atoms with van der Waals surface area (Å²) in [5.41, 5.74) is 1.59. The van der Waals surface area contributed by atoms with Crippen LogP contribution in [0.25, 0.3) is 0 Å². The van der Waals surface area contributed by atoms with Crippen LogP contribution in [0.1, 0.15) is 62.9 Å². The lowest BCUT2D eigenvalue weighted by molar-refractivity contribution is 0.377. The number of hydrogen-bond donors (Lipinski definition) is 1. The third kappa shape index (κ3) is 3.94. The Balaban J connectivity index is 1.94. The maximum atomic E-state index is 3.85. The molecule has 0 aromatic carbocycles. The van der Waals surface area contributed by atoms with Gasteiger partial charge < -0.3 is 5.32 Å². The maximum absolute atomic E-state index is 3.85. The number of halogens is 1. The zero-order valence-electron chi connectivity index (χ0n) is 11.6. The summed E-state index contributed by atoms with van der Waals surface area (Å²) >= 11 is 4.45. The van der Waals surface area contributed by atoms with Crippen LogP contribution >= 0.6 is 33.9 Å². The molecular weight excluding hydrogens is 353 g/mol. The Morgan fingerprint density at radius 2 is 2.17 bits per heavy atom. The van der Waals surface area contributed by atoms with Gasteiger partial charge in [0.25, 0.3) is 0 Å². The smallest absolute Gasteiger partial charge is 0.0659 e. The van der Waals surface area contributed by atoms with E-state index in [2.05, 4.69) is 54.7 Å². The number of nitrogens with one attached hydrogen (secondary N) is 1. The molecule has 1 aromatic rings. The fourth-order valence-electron chi connectivity index (χ4n) is 2.70. The quantitative estimate of drug-likeness (QED) is 0.701. The summed E-state index contributed by atoms with van der Waals surface area (Å²) in [5.74, 6) is 0.818. The average molecular weight is 377 g/mol. The van der Waals surface area contributed by atoms with Gasteiger partial charge in [0.2, 0.25) is 0 Å². The second-order valence-corrected chi connectivity index (χ2v) is 8.94. The van der Waals surface area contributed by atoms with Gasteiger partial charge in [-0.25, -0.2) is 0 Å². The molecule has 3 heteroatoms. The van der Waals surface area contributed by atoms with Crippen molar-refractivity contribution in [2.75, 3.05) is 0 Å². The molecule has 0 radical (unpaired) electrons. The molecule has 0 amide bonds. The zero-order chi connectivity index (χ0) is 13.1. The van der Waals surface area contributed by atoms with Crippen molar-refractivity contribution in [3.8, 4) is 0 Å². The van der Waals surface area contributed by atoms with E-state index in [1.165, 1.54) is 35.0 Å². The molecule has 0 saturated carbocycles. The first kappa shape index (κ1) is 14.8. The molecule has 1 heterocycles. The van der Waals surface area contributed by atoms with E-state index < -0.39 is 0 Å². The molecule has 1 nitrogen and oxygen atoms in total. The Hall–Kier alpha value is 0.390. The van der Waals surface area contributed by atoms with Crippen molar-refractivity contribution in [1.29, 1.82) is 0 Å². The molecule has 2 unspecified atom stereocenters. The van der Waals surface area contributed by atoms with Crippen LogP contribution in [0.3, 0.4) is 0 Å². The summed E-state index contributed by atoms with van der Waals surface area (Å²) in [6.45, 7) is 6.97. The van der Waals surface area contributed by atoms with E-state index in [1.807, 2.05) is 11.3 Å². The second kappa shape index (κ2) is 6.71. The van der Waals surface area contributed by atoms with Gasteiger partial charge in [-0.1, -0.05) is 13.8 Å². The highest BCUT2D eigenvalue weighted by Crippen LogP contribution is 2.36. The monoisotopic (exact) mass is 377 g/mol. The van der Waals surface area contributed by atoms with Crippen LogP contribution in [0.2, 0.25) is 0 Å². The van der Waals surface area contributed by atoms with Crippen LogP contribution in [0, 0.1) is 8.80 Å². The van der Waals surface area contributed by atoms with Crippen molar-refractivity contribution in [3.63, 3.8) is 0 Å². The van der Waals surface area contributed by atoms with Crippen molar-refractivity contribution in [2.45, 2.75) is 65.0 Å². The third-order valence-electron chi connectivity index (χ3n) is 3.75. The number of rotatable bonds is 5. The van der Waals surface area contributed by atoms with Crippen molar-refractivity contribution in [1.82, 2.24) is 5.32 Å². The highest BCUT2D eigenvalue weighted by molar-refractivity contribution is 14.1. The second-order valence-electron chi connectivity index (χ2n) is 5.91. The van der Waals surface area contributed by atoms with Crippen LogP contribution in [0.15, 0.2) is 6.07 Å². The van der Waals surface area contributed by atoms with E-state index in [-0.39, 0.29) is 0 Å². The van der Waals surface area contributed by atoms with Gasteiger partial charge in [0, 0.05) is 17.0 Å². The summed E-state index contributed by atoms with van der Waals surface area (Å²) in [6, 6.07) is 3.64. The number of hydrogen-bond acceptors (Lipinski definition) is 2. The van der Waals surface area contributed by atoms with Gasteiger partial charge in [0.15, 0.2) is 0 Å². The highest BCUT2D eigenvalue weighted by Gasteiger charge is 2.23. The summed E-state index contributed by atoms with van der Waals surface area (Å²) < 4.78 is 1.45. The molecule has 2 rings (SSSR count). The minimum Gasteiger partial charge on any atom is -0.307 e. The minimum atomic E-state index is 0.607. The standard InChI is InChI=1S/C15H24INS/c1-10(2)7-8-11(3)17-13-5-4-6-14-12(13)9-15(16)18-14/h9-11,13,17H,4-8H2,1-3H3. The first-order valence-corrected chi connectivity index (χ1v) is 9.00. The maximum Gasteiger partial charge on any atom is 0.0659 e. The van der Waals surface area contributed by atoms with Crippen LogP contribution in [0.5, 0.6) is 0 Å². The summed E-state index contributed by atoms with van der Waals surface area (Å²) in [7, 11) is 0. The van der Waals surface area contributed by atoms with Crippen molar-refractivity contribution in [2.24, 2.45) is 5.92 Å². The Labute approximate surface area is 129 Å². The fraction of sp³-hybridized carbons (Fsp3) is 0.733. The molecule has 0 fully saturated rings. The fourth-order valence-corrected chi connectivity index (χ4v) is 4.82. The van der Waals surface area contributed by atoms with Gasteiger partial charge >= 0.3 is 0 Å². The van der Waals surface area contributed by atoms with Gasteiger partial charge in [0.05, 0.1) is 2.88 Å². The van der Waals surface area contributed by atoms with Crippen LogP contribution in [-0.2, 0) is 6.42 Å². The van der Waals surface area contributed by atoms with Gasteiger partial charge in [-0.05, 0) is 79.2 Å². The molecule has 1 N–H and O–H groups in total. The third-order valence-corrected chi connectivity index (χ3v) is 5.72. The number of fused-ring (bicyclic) bond motifs is 1. The highest BCUT2D eigenvalue weighted by atomic mass is 127.